The molecule has 1 aliphatic rings. The van der Waals surface area contributed by atoms with Gasteiger partial charge in [-0.05, 0) is 24.3 Å². The second kappa shape index (κ2) is 9.70. The van der Waals surface area contributed by atoms with Gasteiger partial charge in [-0.2, -0.15) is 0 Å². The number of aromatic nitrogens is 2. The number of thioether (sulfide) groups is 2. The van der Waals surface area contributed by atoms with Crippen LogP contribution in [0.25, 0.3) is 5.69 Å². The maximum atomic E-state index is 13.3. The predicted octanol–water partition coefficient (Wildman–Crippen LogP) is 4.02. The van der Waals surface area contributed by atoms with Crippen molar-refractivity contribution in [1.82, 2.24) is 9.55 Å². The molecule has 1 unspecified atom stereocenters. The van der Waals surface area contributed by atoms with Gasteiger partial charge >= 0.3 is 0 Å². The van der Waals surface area contributed by atoms with E-state index in [2.05, 4.69) is 12.2 Å². The SMILES string of the molecule is COc1ccc(NC(=O)CSc2nc3c(c(=O)n2-c2ccccc2)SC(C)C3)cc1OC. The van der Waals surface area contributed by atoms with Gasteiger partial charge < -0.3 is 14.8 Å². The van der Waals surface area contributed by atoms with Crippen LogP contribution in [-0.2, 0) is 11.2 Å². The average Bonchev–Trinajstić information content (AvgIpc) is 3.18. The number of ether oxygens (including phenoxy) is 2. The molecule has 0 bridgehead atoms. The lowest BCUT2D eigenvalue weighted by molar-refractivity contribution is -0.113. The Hall–Kier alpha value is -2.91. The first kappa shape index (κ1) is 22.3. The van der Waals surface area contributed by atoms with E-state index in [1.807, 2.05) is 30.3 Å². The molecule has 0 spiro atoms. The van der Waals surface area contributed by atoms with Crippen molar-refractivity contribution in [2.24, 2.45) is 0 Å². The third-order valence-corrected chi connectivity index (χ3v) is 7.05. The number of rotatable bonds is 7. The highest BCUT2D eigenvalue weighted by atomic mass is 32.2. The number of anilines is 1. The van der Waals surface area contributed by atoms with E-state index in [4.69, 9.17) is 14.5 Å². The molecule has 9 heteroatoms. The summed E-state index contributed by atoms with van der Waals surface area (Å²) in [5.74, 6) is 1.01. The number of carbonyl (C=O) groups excluding carboxylic acids is 1. The summed E-state index contributed by atoms with van der Waals surface area (Å²) in [4.78, 5) is 31.3. The maximum absolute atomic E-state index is 13.3. The Kier molecular flexibility index (Phi) is 6.76. The van der Waals surface area contributed by atoms with E-state index in [9.17, 15) is 9.59 Å². The highest BCUT2D eigenvalue weighted by Gasteiger charge is 2.27. The molecular weight excluding hydrogens is 446 g/mol. The normalized spacial score (nSPS) is 14.7. The Morgan fingerprint density at radius 2 is 1.94 bits per heavy atom. The van der Waals surface area contributed by atoms with E-state index in [0.717, 1.165) is 17.8 Å². The van der Waals surface area contributed by atoms with Crippen molar-refractivity contribution in [3.63, 3.8) is 0 Å². The van der Waals surface area contributed by atoms with Crippen molar-refractivity contribution >= 4 is 35.1 Å². The van der Waals surface area contributed by atoms with Crippen molar-refractivity contribution in [1.29, 1.82) is 0 Å². The molecule has 32 heavy (non-hydrogen) atoms. The summed E-state index contributed by atoms with van der Waals surface area (Å²) in [7, 11) is 3.10. The second-order valence-electron chi connectivity index (χ2n) is 7.19. The van der Waals surface area contributed by atoms with Crippen LogP contribution in [0, 0.1) is 0 Å². The summed E-state index contributed by atoms with van der Waals surface area (Å²) < 4.78 is 12.1. The van der Waals surface area contributed by atoms with E-state index in [0.29, 0.717) is 32.5 Å². The van der Waals surface area contributed by atoms with Crippen molar-refractivity contribution < 1.29 is 14.3 Å². The molecule has 2 aromatic carbocycles. The molecule has 2 heterocycles. The molecule has 0 aliphatic carbocycles. The molecule has 0 saturated heterocycles. The largest absolute Gasteiger partial charge is 0.493 e. The number of hydrogen-bond acceptors (Lipinski definition) is 7. The fourth-order valence-corrected chi connectivity index (χ4v) is 5.37. The van der Waals surface area contributed by atoms with Gasteiger partial charge in [-0.3, -0.25) is 14.2 Å². The molecule has 0 saturated carbocycles. The highest BCUT2D eigenvalue weighted by molar-refractivity contribution is 8.00. The second-order valence-corrected chi connectivity index (χ2v) is 9.58. The number of benzene rings is 2. The maximum Gasteiger partial charge on any atom is 0.272 e. The summed E-state index contributed by atoms with van der Waals surface area (Å²) in [6, 6.07) is 14.6. The smallest absolute Gasteiger partial charge is 0.272 e. The molecule has 1 N–H and O–H groups in total. The van der Waals surface area contributed by atoms with Crippen LogP contribution >= 0.6 is 23.5 Å². The summed E-state index contributed by atoms with van der Waals surface area (Å²) in [5, 5.41) is 3.68. The lowest BCUT2D eigenvalue weighted by Gasteiger charge is -2.14. The van der Waals surface area contributed by atoms with Crippen molar-refractivity contribution in [2.75, 3.05) is 25.3 Å². The first-order valence-corrected chi connectivity index (χ1v) is 11.9. The van der Waals surface area contributed by atoms with Crippen LogP contribution in [0.4, 0.5) is 5.69 Å². The topological polar surface area (TPSA) is 82.5 Å². The number of para-hydroxylation sites is 1. The Balaban J connectivity index is 1.57. The third-order valence-electron chi connectivity index (χ3n) is 4.90. The molecule has 0 fully saturated rings. The van der Waals surface area contributed by atoms with Gasteiger partial charge in [-0.25, -0.2) is 4.98 Å². The van der Waals surface area contributed by atoms with E-state index < -0.39 is 0 Å². The zero-order valence-electron chi connectivity index (χ0n) is 18.0. The van der Waals surface area contributed by atoms with Crippen LogP contribution < -0.4 is 20.3 Å². The number of carbonyl (C=O) groups is 1. The van der Waals surface area contributed by atoms with Crippen LogP contribution in [0.15, 0.2) is 63.4 Å². The van der Waals surface area contributed by atoms with Gasteiger partial charge in [0.1, 0.15) is 0 Å². The quantitative estimate of drug-likeness (QED) is 0.413. The summed E-state index contributed by atoms with van der Waals surface area (Å²) in [6.07, 6.45) is 0.746. The molecule has 1 atom stereocenters. The monoisotopic (exact) mass is 469 g/mol. The number of amides is 1. The number of nitrogens with one attached hydrogen (secondary N) is 1. The number of methoxy groups -OCH3 is 2. The van der Waals surface area contributed by atoms with Crippen molar-refractivity contribution in [3.8, 4) is 17.2 Å². The summed E-state index contributed by atoms with van der Waals surface area (Å²) in [6.45, 7) is 2.09. The number of fused-ring (bicyclic) bond motifs is 1. The fraction of sp³-hybridized carbons (Fsp3) is 0.261. The standard InChI is InChI=1S/C23H23N3O4S2/c1-14-11-17-21(32-14)22(28)26(16-7-5-4-6-8-16)23(25-17)31-13-20(27)24-15-9-10-18(29-2)19(12-15)30-3/h4-10,12,14H,11,13H2,1-3H3,(H,24,27). The van der Waals surface area contributed by atoms with E-state index >= 15 is 0 Å². The number of nitrogens with zero attached hydrogens (tertiary/aromatic N) is 2. The molecule has 166 valence electrons. The molecule has 1 aromatic heterocycles. The minimum atomic E-state index is -0.209. The molecule has 3 aromatic rings. The number of hydrogen-bond donors (Lipinski definition) is 1. The summed E-state index contributed by atoms with van der Waals surface area (Å²) >= 11 is 2.80. The van der Waals surface area contributed by atoms with Gasteiger partial charge in [0.15, 0.2) is 16.7 Å². The average molecular weight is 470 g/mol. The van der Waals surface area contributed by atoms with Crippen molar-refractivity contribution in [3.05, 3.63) is 64.6 Å². The lowest BCUT2D eigenvalue weighted by atomic mass is 10.2. The molecular formula is C23H23N3O4S2. The van der Waals surface area contributed by atoms with E-state index in [1.165, 1.54) is 11.8 Å². The van der Waals surface area contributed by atoms with Gasteiger partial charge in [0, 0.05) is 23.4 Å². The highest BCUT2D eigenvalue weighted by Crippen LogP contribution is 2.35. The van der Waals surface area contributed by atoms with Crippen LogP contribution in [-0.4, -0.2) is 40.7 Å². The molecule has 7 nitrogen and oxygen atoms in total. The molecule has 1 aliphatic heterocycles. The first-order valence-electron chi connectivity index (χ1n) is 10.0. The van der Waals surface area contributed by atoms with Crippen LogP contribution in [0.1, 0.15) is 12.6 Å². The van der Waals surface area contributed by atoms with Crippen LogP contribution in [0.3, 0.4) is 0 Å². The Morgan fingerprint density at radius 3 is 2.66 bits per heavy atom. The van der Waals surface area contributed by atoms with Gasteiger partial charge in [-0.1, -0.05) is 36.9 Å². The molecule has 1 amide bonds. The minimum Gasteiger partial charge on any atom is -0.493 e. The van der Waals surface area contributed by atoms with E-state index in [-0.39, 0.29) is 17.2 Å². The van der Waals surface area contributed by atoms with Crippen molar-refractivity contribution in [2.45, 2.75) is 28.6 Å². The molecule has 0 radical (unpaired) electrons. The Bertz CT molecular complexity index is 1200. The van der Waals surface area contributed by atoms with Gasteiger partial charge in [0.2, 0.25) is 5.91 Å². The fourth-order valence-electron chi connectivity index (χ4n) is 3.44. The van der Waals surface area contributed by atoms with Gasteiger partial charge in [-0.15, -0.1) is 11.8 Å². The van der Waals surface area contributed by atoms with Crippen LogP contribution in [0.5, 0.6) is 11.5 Å². The molecule has 4 rings (SSSR count). The van der Waals surface area contributed by atoms with Gasteiger partial charge in [0.05, 0.1) is 36.2 Å². The van der Waals surface area contributed by atoms with Gasteiger partial charge in [0.25, 0.3) is 5.56 Å². The first-order chi connectivity index (χ1) is 15.5. The third kappa shape index (κ3) is 4.63. The lowest BCUT2D eigenvalue weighted by Crippen LogP contribution is -2.24. The predicted molar refractivity (Wildman–Crippen MR) is 128 cm³/mol. The Morgan fingerprint density at radius 1 is 1.19 bits per heavy atom. The zero-order valence-corrected chi connectivity index (χ0v) is 19.6. The van der Waals surface area contributed by atoms with E-state index in [1.54, 1.807) is 48.7 Å². The minimum absolute atomic E-state index is 0.0849. The zero-order chi connectivity index (χ0) is 22.7. The van der Waals surface area contributed by atoms with Crippen LogP contribution in [0.2, 0.25) is 0 Å². The summed E-state index contributed by atoms with van der Waals surface area (Å²) in [5.41, 5.74) is 2.05. The Labute approximate surface area is 194 Å².